The van der Waals surface area contributed by atoms with E-state index in [1.165, 1.54) is 25.7 Å². The van der Waals surface area contributed by atoms with Gasteiger partial charge >= 0.3 is 0 Å². The van der Waals surface area contributed by atoms with Crippen LogP contribution in [0.4, 0.5) is 0 Å². The first kappa shape index (κ1) is 17.1. The standard InChI is InChI=1S/C17H25N5O/c1-2-3-4-6-9-18-13-16-20-12-15(22-16)17(23)21-11-14-8-5-7-10-19-14/h5,7-8,10,12,18H,2-4,6,9,11,13H2,1H3,(H,20,22)(H,21,23). The van der Waals surface area contributed by atoms with Gasteiger partial charge in [-0.25, -0.2) is 4.98 Å². The molecule has 1 amide bonds. The minimum atomic E-state index is -0.169. The number of rotatable bonds is 10. The van der Waals surface area contributed by atoms with Gasteiger partial charge in [0.25, 0.3) is 5.91 Å². The van der Waals surface area contributed by atoms with Gasteiger partial charge in [0.15, 0.2) is 0 Å². The maximum Gasteiger partial charge on any atom is 0.269 e. The summed E-state index contributed by atoms with van der Waals surface area (Å²) in [7, 11) is 0. The lowest BCUT2D eigenvalue weighted by Crippen LogP contribution is -2.23. The number of nitrogens with one attached hydrogen (secondary N) is 3. The second kappa shape index (κ2) is 9.74. The average molecular weight is 315 g/mol. The SMILES string of the molecule is CCCCCCNCc1ncc(C(=O)NCc2ccccn2)[nH]1. The molecule has 2 rings (SSSR count). The first-order valence-electron chi connectivity index (χ1n) is 8.22. The summed E-state index contributed by atoms with van der Waals surface area (Å²) in [6.07, 6.45) is 8.23. The fourth-order valence-corrected chi connectivity index (χ4v) is 2.22. The van der Waals surface area contributed by atoms with Crippen LogP contribution in [0.5, 0.6) is 0 Å². The highest BCUT2D eigenvalue weighted by molar-refractivity contribution is 5.92. The Morgan fingerprint density at radius 3 is 2.87 bits per heavy atom. The van der Waals surface area contributed by atoms with Gasteiger partial charge in [0, 0.05) is 6.20 Å². The monoisotopic (exact) mass is 315 g/mol. The van der Waals surface area contributed by atoms with Crippen LogP contribution >= 0.6 is 0 Å². The topological polar surface area (TPSA) is 82.7 Å². The predicted octanol–water partition coefficient (Wildman–Crippen LogP) is 2.40. The second-order valence-electron chi connectivity index (χ2n) is 5.48. The first-order chi connectivity index (χ1) is 11.3. The highest BCUT2D eigenvalue weighted by atomic mass is 16.1. The number of hydrogen-bond acceptors (Lipinski definition) is 4. The van der Waals surface area contributed by atoms with Crippen LogP contribution in [-0.2, 0) is 13.1 Å². The van der Waals surface area contributed by atoms with Crippen LogP contribution in [-0.4, -0.2) is 27.4 Å². The normalized spacial score (nSPS) is 10.7. The van der Waals surface area contributed by atoms with Gasteiger partial charge in [0.1, 0.15) is 11.5 Å². The fraction of sp³-hybridized carbons (Fsp3) is 0.471. The number of imidazole rings is 1. The Morgan fingerprint density at radius 1 is 1.17 bits per heavy atom. The van der Waals surface area contributed by atoms with E-state index in [1.54, 1.807) is 12.4 Å². The number of unbranched alkanes of at least 4 members (excludes halogenated alkanes) is 3. The number of hydrogen-bond donors (Lipinski definition) is 3. The molecule has 2 heterocycles. The third-order valence-corrected chi connectivity index (χ3v) is 3.53. The highest BCUT2D eigenvalue weighted by Gasteiger charge is 2.09. The van der Waals surface area contributed by atoms with Crippen molar-refractivity contribution in [2.45, 2.75) is 45.7 Å². The Morgan fingerprint density at radius 2 is 2.09 bits per heavy atom. The van der Waals surface area contributed by atoms with Gasteiger partial charge in [-0.15, -0.1) is 0 Å². The molecule has 0 unspecified atom stereocenters. The fourth-order valence-electron chi connectivity index (χ4n) is 2.22. The lowest BCUT2D eigenvalue weighted by Gasteiger charge is -2.03. The first-order valence-corrected chi connectivity index (χ1v) is 8.22. The van der Waals surface area contributed by atoms with Crippen LogP contribution in [0.3, 0.4) is 0 Å². The van der Waals surface area contributed by atoms with E-state index in [2.05, 4.69) is 32.5 Å². The van der Waals surface area contributed by atoms with E-state index < -0.39 is 0 Å². The summed E-state index contributed by atoms with van der Waals surface area (Å²) in [5.74, 6) is 0.612. The molecular formula is C17H25N5O. The molecule has 2 aromatic rings. The molecule has 0 bridgehead atoms. The summed E-state index contributed by atoms with van der Waals surface area (Å²) in [6.45, 7) is 4.24. The maximum atomic E-state index is 12.0. The van der Waals surface area contributed by atoms with Gasteiger partial charge in [-0.1, -0.05) is 32.3 Å². The molecule has 0 aliphatic rings. The molecule has 6 heteroatoms. The minimum Gasteiger partial charge on any atom is -0.345 e. The van der Waals surface area contributed by atoms with Crippen LogP contribution in [0.25, 0.3) is 0 Å². The van der Waals surface area contributed by atoms with E-state index in [1.807, 2.05) is 18.2 Å². The molecular weight excluding hydrogens is 290 g/mol. The van der Waals surface area contributed by atoms with Crippen molar-refractivity contribution in [2.75, 3.05) is 6.54 Å². The Bertz CT molecular complexity index is 582. The second-order valence-corrected chi connectivity index (χ2v) is 5.48. The van der Waals surface area contributed by atoms with E-state index in [0.29, 0.717) is 18.8 Å². The number of aromatic nitrogens is 3. The smallest absolute Gasteiger partial charge is 0.269 e. The number of amides is 1. The zero-order chi connectivity index (χ0) is 16.3. The Hall–Kier alpha value is -2.21. The molecule has 0 aliphatic heterocycles. The van der Waals surface area contributed by atoms with Crippen molar-refractivity contribution in [1.29, 1.82) is 0 Å². The molecule has 3 N–H and O–H groups in total. The summed E-state index contributed by atoms with van der Waals surface area (Å²) < 4.78 is 0. The van der Waals surface area contributed by atoms with Crippen molar-refractivity contribution in [3.05, 3.63) is 47.8 Å². The summed E-state index contributed by atoms with van der Waals surface area (Å²) in [4.78, 5) is 23.5. The van der Waals surface area contributed by atoms with Crippen LogP contribution < -0.4 is 10.6 Å². The lowest BCUT2D eigenvalue weighted by molar-refractivity contribution is 0.0946. The van der Waals surface area contributed by atoms with Crippen molar-refractivity contribution in [3.8, 4) is 0 Å². The van der Waals surface area contributed by atoms with E-state index in [-0.39, 0.29) is 5.91 Å². The number of pyridine rings is 1. The van der Waals surface area contributed by atoms with Gasteiger partial charge in [-0.3, -0.25) is 9.78 Å². The molecule has 0 fully saturated rings. The molecule has 0 atom stereocenters. The van der Waals surface area contributed by atoms with Crippen molar-refractivity contribution in [2.24, 2.45) is 0 Å². The number of H-pyrrole nitrogens is 1. The number of nitrogens with zero attached hydrogens (tertiary/aromatic N) is 2. The number of aromatic amines is 1. The van der Waals surface area contributed by atoms with Crippen LogP contribution in [0.1, 0.15) is 54.6 Å². The zero-order valence-corrected chi connectivity index (χ0v) is 13.6. The van der Waals surface area contributed by atoms with E-state index >= 15 is 0 Å². The molecule has 2 aromatic heterocycles. The zero-order valence-electron chi connectivity index (χ0n) is 13.6. The van der Waals surface area contributed by atoms with Crippen molar-refractivity contribution in [1.82, 2.24) is 25.6 Å². The van der Waals surface area contributed by atoms with Crippen molar-refractivity contribution < 1.29 is 4.79 Å². The highest BCUT2D eigenvalue weighted by Crippen LogP contribution is 2.00. The molecule has 6 nitrogen and oxygen atoms in total. The third-order valence-electron chi connectivity index (χ3n) is 3.53. The van der Waals surface area contributed by atoms with Gasteiger partial charge in [0.05, 0.1) is 25.0 Å². The molecule has 0 radical (unpaired) electrons. The summed E-state index contributed by atoms with van der Waals surface area (Å²) in [5, 5.41) is 6.16. The summed E-state index contributed by atoms with van der Waals surface area (Å²) in [6, 6.07) is 5.62. The molecule has 0 aromatic carbocycles. The molecule has 0 saturated carbocycles. The van der Waals surface area contributed by atoms with Gasteiger partial charge in [-0.2, -0.15) is 0 Å². The van der Waals surface area contributed by atoms with Crippen LogP contribution in [0.2, 0.25) is 0 Å². The Labute approximate surface area is 137 Å². The minimum absolute atomic E-state index is 0.169. The van der Waals surface area contributed by atoms with E-state index in [4.69, 9.17) is 0 Å². The van der Waals surface area contributed by atoms with Crippen molar-refractivity contribution in [3.63, 3.8) is 0 Å². The summed E-state index contributed by atoms with van der Waals surface area (Å²) in [5.41, 5.74) is 1.30. The molecule has 0 saturated heterocycles. The van der Waals surface area contributed by atoms with Gasteiger partial charge in [0.2, 0.25) is 0 Å². The van der Waals surface area contributed by atoms with Gasteiger partial charge < -0.3 is 15.6 Å². The predicted molar refractivity (Wildman–Crippen MR) is 89.8 cm³/mol. The van der Waals surface area contributed by atoms with Gasteiger partial charge in [-0.05, 0) is 25.1 Å². The number of carbonyl (C=O) groups is 1. The average Bonchev–Trinajstić information content (AvgIpc) is 3.06. The van der Waals surface area contributed by atoms with Crippen LogP contribution in [0, 0.1) is 0 Å². The van der Waals surface area contributed by atoms with Crippen LogP contribution in [0.15, 0.2) is 30.6 Å². The molecule has 124 valence electrons. The van der Waals surface area contributed by atoms with E-state index in [0.717, 1.165) is 18.1 Å². The Balaban J connectivity index is 1.70. The van der Waals surface area contributed by atoms with E-state index in [9.17, 15) is 4.79 Å². The maximum absolute atomic E-state index is 12.0. The van der Waals surface area contributed by atoms with Crippen molar-refractivity contribution >= 4 is 5.91 Å². The summed E-state index contributed by atoms with van der Waals surface area (Å²) >= 11 is 0. The third kappa shape index (κ3) is 6.20. The molecule has 23 heavy (non-hydrogen) atoms. The lowest BCUT2D eigenvalue weighted by atomic mass is 10.2. The molecule has 0 spiro atoms. The number of carbonyl (C=O) groups excluding carboxylic acids is 1. The quantitative estimate of drug-likeness (QED) is 0.588. The largest absolute Gasteiger partial charge is 0.345 e. The Kier molecular flexibility index (Phi) is 7.26. The molecule has 0 aliphatic carbocycles.